The molecule has 0 saturated heterocycles. The Morgan fingerprint density at radius 2 is 1.55 bits per heavy atom. The lowest BCUT2D eigenvalue weighted by molar-refractivity contribution is -0.151. The Bertz CT molecular complexity index is 997. The second-order valence-electron chi connectivity index (χ2n) is 9.41. The first-order valence-electron chi connectivity index (χ1n) is 11.2. The number of benzene rings is 2. The third kappa shape index (κ3) is 5.02. The van der Waals surface area contributed by atoms with Crippen LogP contribution in [0.4, 0.5) is 4.79 Å². The number of carboxylic acid groups (broad SMARTS) is 1. The van der Waals surface area contributed by atoms with E-state index in [-0.39, 0.29) is 19.1 Å². The first-order chi connectivity index (χ1) is 15.6. The molecule has 2 aromatic carbocycles. The van der Waals surface area contributed by atoms with Gasteiger partial charge in [-0.1, -0.05) is 69.3 Å². The van der Waals surface area contributed by atoms with Crippen molar-refractivity contribution in [3.8, 4) is 11.1 Å². The molecular formula is C26H32N2O5. The molecule has 2 atom stereocenters. The number of hydrogen-bond acceptors (Lipinski definition) is 4. The smallest absolute Gasteiger partial charge is 0.407 e. The zero-order chi connectivity index (χ0) is 24.3. The average molecular weight is 453 g/mol. The third-order valence-electron chi connectivity index (χ3n) is 6.17. The summed E-state index contributed by atoms with van der Waals surface area (Å²) in [5.74, 6) is -1.64. The summed E-state index contributed by atoms with van der Waals surface area (Å²) in [6, 6.07) is 14.2. The molecule has 1 aliphatic rings. The maximum absolute atomic E-state index is 13.2. The van der Waals surface area contributed by atoms with Crippen molar-refractivity contribution in [1.82, 2.24) is 10.2 Å². The molecule has 176 valence electrons. The Morgan fingerprint density at radius 3 is 2.00 bits per heavy atom. The molecule has 3 rings (SSSR count). The van der Waals surface area contributed by atoms with Gasteiger partial charge in [0.15, 0.2) is 0 Å². The van der Waals surface area contributed by atoms with E-state index in [2.05, 4.69) is 17.4 Å². The van der Waals surface area contributed by atoms with Crippen LogP contribution in [0.25, 0.3) is 11.1 Å². The van der Waals surface area contributed by atoms with Crippen molar-refractivity contribution in [2.24, 2.45) is 5.41 Å². The highest BCUT2D eigenvalue weighted by atomic mass is 16.5. The summed E-state index contributed by atoms with van der Waals surface area (Å²) in [5.41, 5.74) is 3.82. The summed E-state index contributed by atoms with van der Waals surface area (Å²) < 4.78 is 5.60. The van der Waals surface area contributed by atoms with Gasteiger partial charge in [0.25, 0.3) is 0 Å². The number of nitrogens with zero attached hydrogens (tertiary/aromatic N) is 1. The van der Waals surface area contributed by atoms with E-state index < -0.39 is 35.5 Å². The molecule has 1 aliphatic carbocycles. The van der Waals surface area contributed by atoms with Crippen LogP contribution in [-0.2, 0) is 14.3 Å². The van der Waals surface area contributed by atoms with Crippen LogP contribution < -0.4 is 5.32 Å². The third-order valence-corrected chi connectivity index (χ3v) is 6.17. The molecule has 7 nitrogen and oxygen atoms in total. The normalized spacial score (nSPS) is 14.6. The van der Waals surface area contributed by atoms with Crippen LogP contribution in [0.15, 0.2) is 48.5 Å². The van der Waals surface area contributed by atoms with Crippen LogP contribution >= 0.6 is 0 Å². The molecule has 0 aliphatic heterocycles. The Hall–Kier alpha value is -3.35. The van der Waals surface area contributed by atoms with Crippen molar-refractivity contribution in [2.75, 3.05) is 13.2 Å². The maximum atomic E-state index is 13.2. The van der Waals surface area contributed by atoms with E-state index in [1.54, 1.807) is 6.92 Å². The number of carbonyl (C=O) groups excluding carboxylic acids is 2. The summed E-state index contributed by atoms with van der Waals surface area (Å²) in [6.45, 7) is 8.97. The fourth-order valence-corrected chi connectivity index (χ4v) is 4.33. The van der Waals surface area contributed by atoms with Crippen molar-refractivity contribution >= 4 is 18.0 Å². The van der Waals surface area contributed by atoms with E-state index in [0.29, 0.717) is 0 Å². The fourth-order valence-electron chi connectivity index (χ4n) is 4.33. The van der Waals surface area contributed by atoms with Gasteiger partial charge in [0.05, 0.1) is 0 Å². The van der Waals surface area contributed by atoms with Crippen molar-refractivity contribution in [1.29, 1.82) is 0 Å². The summed E-state index contributed by atoms with van der Waals surface area (Å²) in [6.07, 6.45) is -0.704. The number of carbonyl (C=O) groups is 3. The quantitative estimate of drug-likeness (QED) is 0.654. The van der Waals surface area contributed by atoms with Crippen LogP contribution in [0.2, 0.25) is 0 Å². The molecule has 0 radical (unpaired) electrons. The average Bonchev–Trinajstić information content (AvgIpc) is 3.09. The number of fused-ring (bicyclic) bond motifs is 3. The van der Waals surface area contributed by atoms with Gasteiger partial charge in [0, 0.05) is 12.5 Å². The molecule has 33 heavy (non-hydrogen) atoms. The molecule has 0 fully saturated rings. The molecule has 2 aromatic rings. The van der Waals surface area contributed by atoms with Crippen LogP contribution in [0.5, 0.6) is 0 Å². The van der Waals surface area contributed by atoms with Gasteiger partial charge in [-0.25, -0.2) is 9.59 Å². The van der Waals surface area contributed by atoms with Gasteiger partial charge in [0.1, 0.15) is 18.7 Å². The number of hydrogen-bond donors (Lipinski definition) is 2. The minimum absolute atomic E-state index is 0.0916. The topological polar surface area (TPSA) is 95.9 Å². The van der Waals surface area contributed by atoms with E-state index in [1.807, 2.05) is 57.2 Å². The maximum Gasteiger partial charge on any atom is 0.407 e. The van der Waals surface area contributed by atoms with E-state index in [1.165, 1.54) is 11.8 Å². The van der Waals surface area contributed by atoms with Crippen molar-refractivity contribution in [3.63, 3.8) is 0 Å². The van der Waals surface area contributed by atoms with Gasteiger partial charge in [0.2, 0.25) is 5.91 Å². The zero-order valence-corrected chi connectivity index (χ0v) is 19.8. The Morgan fingerprint density at radius 1 is 1.03 bits per heavy atom. The predicted molar refractivity (Wildman–Crippen MR) is 126 cm³/mol. The van der Waals surface area contributed by atoms with E-state index in [0.717, 1.165) is 22.3 Å². The highest BCUT2D eigenvalue weighted by molar-refractivity contribution is 5.90. The molecule has 0 bridgehead atoms. The predicted octanol–water partition coefficient (Wildman–Crippen LogP) is 4.26. The standard InChI is InChI=1S/C26H32N2O5/c1-6-28(16(2)24(30)31)23(29)22(26(3,4)5)27-25(32)33-15-21-19-13-9-7-11-17(19)18-12-8-10-14-20(18)21/h7-14,16,21-22H,6,15H2,1-5H3,(H,27,32)(H,30,31)/t16?,22-/m1/s1. The van der Waals surface area contributed by atoms with E-state index >= 15 is 0 Å². The van der Waals surface area contributed by atoms with Crippen LogP contribution in [0.1, 0.15) is 51.7 Å². The fraction of sp³-hybridized carbons (Fsp3) is 0.423. The van der Waals surface area contributed by atoms with Crippen LogP contribution in [0, 0.1) is 5.41 Å². The molecule has 0 aromatic heterocycles. The van der Waals surface area contributed by atoms with Crippen molar-refractivity contribution in [3.05, 3.63) is 59.7 Å². The second kappa shape index (κ2) is 9.65. The molecular weight excluding hydrogens is 420 g/mol. The van der Waals surface area contributed by atoms with Crippen LogP contribution in [0.3, 0.4) is 0 Å². The summed E-state index contributed by atoms with van der Waals surface area (Å²) >= 11 is 0. The minimum atomic E-state index is -1.10. The monoisotopic (exact) mass is 452 g/mol. The number of ether oxygens (including phenoxy) is 1. The van der Waals surface area contributed by atoms with Gasteiger partial charge in [-0.05, 0) is 41.5 Å². The largest absolute Gasteiger partial charge is 0.480 e. The summed E-state index contributed by atoms with van der Waals surface area (Å²) in [7, 11) is 0. The molecule has 0 saturated carbocycles. The first kappa shape index (κ1) is 24.3. The lowest BCUT2D eigenvalue weighted by atomic mass is 9.85. The highest BCUT2D eigenvalue weighted by Crippen LogP contribution is 2.44. The van der Waals surface area contributed by atoms with Gasteiger partial charge in [-0.15, -0.1) is 0 Å². The van der Waals surface area contributed by atoms with Gasteiger partial charge >= 0.3 is 12.1 Å². The highest BCUT2D eigenvalue weighted by Gasteiger charge is 2.38. The first-order valence-corrected chi connectivity index (χ1v) is 11.2. The number of likely N-dealkylation sites (N-methyl/N-ethyl adjacent to an activating group) is 1. The number of aliphatic carboxylic acids is 1. The molecule has 0 spiro atoms. The number of carboxylic acids is 1. The number of alkyl carbamates (subject to hydrolysis) is 1. The SMILES string of the molecule is CCN(C(=O)[C@@H](NC(=O)OCC1c2ccccc2-c2ccccc21)C(C)(C)C)C(C)C(=O)O. The Kier molecular flexibility index (Phi) is 7.10. The number of amides is 2. The van der Waals surface area contributed by atoms with Crippen molar-refractivity contribution < 1.29 is 24.2 Å². The number of rotatable bonds is 7. The lowest BCUT2D eigenvalue weighted by Gasteiger charge is -2.35. The van der Waals surface area contributed by atoms with Crippen molar-refractivity contribution in [2.45, 2.75) is 52.6 Å². The van der Waals surface area contributed by atoms with E-state index in [9.17, 15) is 19.5 Å². The number of nitrogens with one attached hydrogen (secondary N) is 1. The Labute approximate surface area is 194 Å². The second-order valence-corrected chi connectivity index (χ2v) is 9.41. The van der Waals surface area contributed by atoms with Gasteiger partial charge in [-0.3, -0.25) is 4.79 Å². The summed E-state index contributed by atoms with van der Waals surface area (Å²) in [5, 5.41) is 12.1. The Balaban J connectivity index is 1.74. The zero-order valence-electron chi connectivity index (χ0n) is 19.8. The van der Waals surface area contributed by atoms with Gasteiger partial charge < -0.3 is 20.1 Å². The lowest BCUT2D eigenvalue weighted by Crippen LogP contribution is -2.57. The molecule has 7 heteroatoms. The molecule has 2 amide bonds. The summed E-state index contributed by atoms with van der Waals surface area (Å²) in [4.78, 5) is 38.7. The molecule has 2 N–H and O–H groups in total. The van der Waals surface area contributed by atoms with Crippen LogP contribution in [-0.4, -0.2) is 53.2 Å². The molecule has 1 unspecified atom stereocenters. The molecule has 0 heterocycles. The minimum Gasteiger partial charge on any atom is -0.480 e. The van der Waals surface area contributed by atoms with Gasteiger partial charge in [-0.2, -0.15) is 0 Å². The van der Waals surface area contributed by atoms with E-state index in [4.69, 9.17) is 4.74 Å².